The third kappa shape index (κ3) is 3.45. The molecule has 0 saturated carbocycles. The van der Waals surface area contributed by atoms with Crippen molar-refractivity contribution in [3.63, 3.8) is 0 Å². The third-order valence-corrected chi connectivity index (χ3v) is 2.96. The molecule has 0 aromatic rings. The predicted molar refractivity (Wildman–Crippen MR) is 59.3 cm³/mol. The number of hydrogen-bond acceptors (Lipinski definition) is 4. The zero-order chi connectivity index (χ0) is 11.5. The molecule has 0 aromatic heterocycles. The molecule has 2 N–H and O–H groups in total. The second-order valence-electron chi connectivity index (χ2n) is 4.74. The molecule has 4 nitrogen and oxygen atoms in total. The van der Waals surface area contributed by atoms with Gasteiger partial charge < -0.3 is 10.5 Å². The highest BCUT2D eigenvalue weighted by atomic mass is 16.5. The van der Waals surface area contributed by atoms with E-state index in [1.165, 1.54) is 0 Å². The van der Waals surface area contributed by atoms with Crippen LogP contribution in [0.1, 0.15) is 27.2 Å². The van der Waals surface area contributed by atoms with Gasteiger partial charge in [-0.05, 0) is 27.2 Å². The van der Waals surface area contributed by atoms with Crippen molar-refractivity contribution in [1.82, 2.24) is 4.90 Å². The highest BCUT2D eigenvalue weighted by Gasteiger charge is 2.28. The van der Waals surface area contributed by atoms with Crippen LogP contribution >= 0.6 is 0 Å². The van der Waals surface area contributed by atoms with E-state index in [1.54, 1.807) is 6.92 Å². The van der Waals surface area contributed by atoms with Crippen molar-refractivity contribution in [3.8, 4) is 6.07 Å². The molecule has 15 heavy (non-hydrogen) atoms. The lowest BCUT2D eigenvalue weighted by Crippen LogP contribution is -2.51. The van der Waals surface area contributed by atoms with Crippen LogP contribution in [0.5, 0.6) is 0 Å². The van der Waals surface area contributed by atoms with Gasteiger partial charge in [0.2, 0.25) is 0 Å². The smallest absolute Gasteiger partial charge is 0.102 e. The molecule has 3 atom stereocenters. The van der Waals surface area contributed by atoms with Crippen molar-refractivity contribution >= 4 is 0 Å². The van der Waals surface area contributed by atoms with Gasteiger partial charge in [0.1, 0.15) is 5.54 Å². The van der Waals surface area contributed by atoms with Crippen LogP contribution in [-0.2, 0) is 4.74 Å². The molecule has 0 aliphatic carbocycles. The number of nitrogens with two attached hydrogens (primary N) is 1. The van der Waals surface area contributed by atoms with E-state index in [0.717, 1.165) is 19.8 Å². The monoisotopic (exact) mass is 211 g/mol. The first-order valence-corrected chi connectivity index (χ1v) is 5.50. The highest BCUT2D eigenvalue weighted by molar-refractivity contribution is 5.03. The molecule has 0 spiro atoms. The number of rotatable bonds is 3. The number of ether oxygens (including phenoxy) is 1. The summed E-state index contributed by atoms with van der Waals surface area (Å²) in [6, 6.07) is 2.90. The second kappa shape index (κ2) is 4.93. The summed E-state index contributed by atoms with van der Waals surface area (Å²) in [5.74, 6) is 0. The summed E-state index contributed by atoms with van der Waals surface area (Å²) in [4.78, 5) is 2.37. The van der Waals surface area contributed by atoms with Crippen LogP contribution in [0.25, 0.3) is 0 Å². The number of hydrogen-bond donors (Lipinski definition) is 1. The predicted octanol–water partition coefficient (Wildman–Crippen LogP) is 0.727. The Morgan fingerprint density at radius 3 is 2.93 bits per heavy atom. The topological polar surface area (TPSA) is 62.3 Å². The zero-order valence-electron chi connectivity index (χ0n) is 9.86. The van der Waals surface area contributed by atoms with Crippen molar-refractivity contribution < 1.29 is 4.74 Å². The van der Waals surface area contributed by atoms with Crippen molar-refractivity contribution in [2.24, 2.45) is 5.73 Å². The first kappa shape index (κ1) is 12.4. The highest BCUT2D eigenvalue weighted by Crippen LogP contribution is 2.17. The average molecular weight is 211 g/mol. The summed E-state index contributed by atoms with van der Waals surface area (Å²) < 4.78 is 5.38. The zero-order valence-corrected chi connectivity index (χ0v) is 9.86. The van der Waals surface area contributed by atoms with Gasteiger partial charge in [-0.3, -0.25) is 4.90 Å². The Balaban J connectivity index is 2.52. The Morgan fingerprint density at radius 2 is 2.40 bits per heavy atom. The van der Waals surface area contributed by atoms with E-state index >= 15 is 0 Å². The number of nitriles is 1. The molecule has 1 saturated heterocycles. The molecule has 1 rings (SSSR count). The molecule has 1 aliphatic rings. The lowest BCUT2D eigenvalue weighted by atomic mass is 9.95. The van der Waals surface area contributed by atoms with Gasteiger partial charge in [-0.15, -0.1) is 0 Å². The molecular formula is C11H21N3O. The normalized spacial score (nSPS) is 29.1. The Kier molecular flexibility index (Phi) is 4.09. The third-order valence-electron chi connectivity index (χ3n) is 2.96. The molecule has 0 aromatic carbocycles. The van der Waals surface area contributed by atoms with Gasteiger partial charge in [-0.25, -0.2) is 0 Å². The summed E-state index contributed by atoms with van der Waals surface area (Å²) in [6.07, 6.45) is 0.702. The van der Waals surface area contributed by atoms with E-state index < -0.39 is 5.54 Å². The molecule has 0 radical (unpaired) electrons. The van der Waals surface area contributed by atoms with E-state index in [4.69, 9.17) is 15.7 Å². The van der Waals surface area contributed by atoms with Crippen molar-refractivity contribution in [2.75, 3.05) is 19.8 Å². The van der Waals surface area contributed by atoms with Gasteiger partial charge in [0.25, 0.3) is 0 Å². The minimum absolute atomic E-state index is 0.332. The Bertz CT molecular complexity index is 247. The van der Waals surface area contributed by atoms with Crippen molar-refractivity contribution in [1.29, 1.82) is 5.26 Å². The molecule has 3 unspecified atom stereocenters. The minimum atomic E-state index is -0.725. The van der Waals surface area contributed by atoms with Crippen LogP contribution in [0.2, 0.25) is 0 Å². The Hall–Kier alpha value is -0.630. The van der Waals surface area contributed by atoms with Crippen LogP contribution in [0, 0.1) is 11.3 Å². The maximum Gasteiger partial charge on any atom is 0.102 e. The summed E-state index contributed by atoms with van der Waals surface area (Å²) in [5, 5.41) is 8.89. The van der Waals surface area contributed by atoms with E-state index in [-0.39, 0.29) is 0 Å². The largest absolute Gasteiger partial charge is 0.379 e. The molecule has 0 amide bonds. The van der Waals surface area contributed by atoms with E-state index in [0.29, 0.717) is 18.5 Å². The first-order valence-electron chi connectivity index (χ1n) is 5.50. The SMILES string of the molecule is CC1COCCN1C(C)CC(C)(N)C#N. The second-order valence-corrected chi connectivity index (χ2v) is 4.74. The summed E-state index contributed by atoms with van der Waals surface area (Å²) in [6.45, 7) is 8.55. The minimum Gasteiger partial charge on any atom is -0.379 e. The molecular weight excluding hydrogens is 190 g/mol. The van der Waals surface area contributed by atoms with Gasteiger partial charge in [-0.2, -0.15) is 5.26 Å². The van der Waals surface area contributed by atoms with Crippen molar-refractivity contribution in [2.45, 2.75) is 44.8 Å². The summed E-state index contributed by atoms with van der Waals surface area (Å²) in [7, 11) is 0. The standard InChI is InChI=1S/C11H21N3O/c1-9(6-11(3,13)8-12)14-4-5-15-7-10(14)2/h9-10H,4-7,13H2,1-3H3. The van der Waals surface area contributed by atoms with Crippen LogP contribution in [0.4, 0.5) is 0 Å². The molecule has 1 fully saturated rings. The van der Waals surface area contributed by atoms with E-state index in [9.17, 15) is 0 Å². The lowest BCUT2D eigenvalue weighted by Gasteiger charge is -2.39. The van der Waals surface area contributed by atoms with Crippen LogP contribution in [-0.4, -0.2) is 42.3 Å². The number of nitrogens with zero attached hydrogens (tertiary/aromatic N) is 2. The molecule has 0 bridgehead atoms. The van der Waals surface area contributed by atoms with Gasteiger partial charge in [0.05, 0.1) is 19.3 Å². The fraction of sp³-hybridized carbons (Fsp3) is 0.909. The van der Waals surface area contributed by atoms with E-state index in [1.807, 2.05) is 0 Å². The average Bonchev–Trinajstić information content (AvgIpc) is 2.17. The fourth-order valence-corrected chi connectivity index (χ4v) is 2.17. The first-order chi connectivity index (χ1) is 6.96. The maximum atomic E-state index is 8.89. The molecule has 86 valence electrons. The van der Waals surface area contributed by atoms with Crippen molar-refractivity contribution in [3.05, 3.63) is 0 Å². The lowest BCUT2D eigenvalue weighted by molar-refractivity contribution is -0.0220. The summed E-state index contributed by atoms with van der Waals surface area (Å²) >= 11 is 0. The summed E-state index contributed by atoms with van der Waals surface area (Å²) in [5.41, 5.74) is 5.13. The van der Waals surface area contributed by atoms with Crippen LogP contribution in [0.3, 0.4) is 0 Å². The van der Waals surface area contributed by atoms with Gasteiger partial charge >= 0.3 is 0 Å². The molecule has 1 aliphatic heterocycles. The van der Waals surface area contributed by atoms with Gasteiger partial charge in [0.15, 0.2) is 0 Å². The molecule has 4 heteroatoms. The number of morpholine rings is 1. The maximum absolute atomic E-state index is 8.89. The Morgan fingerprint density at radius 1 is 1.73 bits per heavy atom. The van der Waals surface area contributed by atoms with Crippen LogP contribution < -0.4 is 5.73 Å². The molecule has 1 heterocycles. The Labute approximate surface area is 92.0 Å². The quantitative estimate of drug-likeness (QED) is 0.747. The van der Waals surface area contributed by atoms with Gasteiger partial charge in [-0.1, -0.05) is 0 Å². The van der Waals surface area contributed by atoms with E-state index in [2.05, 4.69) is 24.8 Å². The van der Waals surface area contributed by atoms with Gasteiger partial charge in [0, 0.05) is 18.6 Å². The van der Waals surface area contributed by atoms with Crippen LogP contribution in [0.15, 0.2) is 0 Å². The fourth-order valence-electron chi connectivity index (χ4n) is 2.17.